The minimum absolute atomic E-state index is 0.115. The van der Waals surface area contributed by atoms with Gasteiger partial charge in [0.2, 0.25) is 11.9 Å². The molecule has 0 aromatic heterocycles. The zero-order chi connectivity index (χ0) is 17.1. The summed E-state index contributed by atoms with van der Waals surface area (Å²) >= 11 is 0. The Balaban J connectivity index is 2.64. The van der Waals surface area contributed by atoms with Gasteiger partial charge in [0.25, 0.3) is 0 Å². The van der Waals surface area contributed by atoms with Crippen LogP contribution in [0.1, 0.15) is 20.8 Å². The van der Waals surface area contributed by atoms with Gasteiger partial charge in [0, 0.05) is 24.8 Å². The Morgan fingerprint density at radius 1 is 1.17 bits per heavy atom. The van der Waals surface area contributed by atoms with Gasteiger partial charge < -0.3 is 15.5 Å². The third-order valence-electron chi connectivity index (χ3n) is 3.22. The van der Waals surface area contributed by atoms with Crippen LogP contribution < -0.4 is 16.0 Å². The van der Waals surface area contributed by atoms with Crippen molar-refractivity contribution >= 4 is 23.2 Å². The van der Waals surface area contributed by atoms with Crippen molar-refractivity contribution in [1.82, 2.24) is 10.2 Å². The van der Waals surface area contributed by atoms with Crippen LogP contribution >= 0.6 is 0 Å². The number of aliphatic imine (C=N–C) groups is 1. The summed E-state index contributed by atoms with van der Waals surface area (Å²) in [6, 6.07) is 7.18. The first-order valence-electron chi connectivity index (χ1n) is 7.65. The summed E-state index contributed by atoms with van der Waals surface area (Å²) in [7, 11) is 0. The van der Waals surface area contributed by atoms with Crippen LogP contribution in [0.2, 0.25) is 0 Å². The average Bonchev–Trinajstić information content (AvgIpc) is 2.53. The molecule has 0 radical (unpaired) electrons. The molecule has 3 N–H and O–H groups in total. The van der Waals surface area contributed by atoms with Crippen molar-refractivity contribution in [2.75, 3.05) is 36.8 Å². The lowest BCUT2D eigenvalue weighted by Crippen LogP contribution is -2.30. The maximum atomic E-state index is 11.0. The zero-order valence-corrected chi connectivity index (χ0v) is 13.9. The van der Waals surface area contributed by atoms with Crippen LogP contribution in [0, 0.1) is 11.5 Å². The number of anilines is 2. The van der Waals surface area contributed by atoms with Crippen molar-refractivity contribution in [3.63, 3.8) is 0 Å². The van der Waals surface area contributed by atoms with E-state index in [0.717, 1.165) is 31.0 Å². The molecule has 0 heterocycles. The Kier molecular flexibility index (Phi) is 8.18. The SMILES string of the molecule is CCN(CC)CCN=C(NC#N)Nc1ccc(NC(C)=O)cc1. The molecule has 124 valence electrons. The molecule has 0 atom stereocenters. The van der Waals surface area contributed by atoms with Gasteiger partial charge in [-0.25, -0.2) is 0 Å². The van der Waals surface area contributed by atoms with Crippen molar-refractivity contribution in [2.24, 2.45) is 4.99 Å². The molecule has 0 aliphatic carbocycles. The predicted molar refractivity (Wildman–Crippen MR) is 93.2 cm³/mol. The summed E-state index contributed by atoms with van der Waals surface area (Å²) in [5.41, 5.74) is 1.50. The summed E-state index contributed by atoms with van der Waals surface area (Å²) in [5, 5.41) is 17.1. The van der Waals surface area contributed by atoms with E-state index in [2.05, 4.69) is 39.7 Å². The van der Waals surface area contributed by atoms with Crippen LogP contribution in [-0.4, -0.2) is 42.9 Å². The Hall–Kier alpha value is -2.59. The summed E-state index contributed by atoms with van der Waals surface area (Å²) in [6.45, 7) is 9.07. The third kappa shape index (κ3) is 7.29. The van der Waals surface area contributed by atoms with E-state index >= 15 is 0 Å². The molecule has 7 heteroatoms. The lowest BCUT2D eigenvalue weighted by molar-refractivity contribution is -0.114. The number of amides is 1. The minimum Gasteiger partial charge on any atom is -0.326 e. The van der Waals surface area contributed by atoms with Crippen molar-refractivity contribution in [1.29, 1.82) is 5.26 Å². The lowest BCUT2D eigenvalue weighted by atomic mass is 10.3. The molecule has 0 aliphatic rings. The maximum absolute atomic E-state index is 11.0. The number of carbonyl (C=O) groups is 1. The Morgan fingerprint density at radius 2 is 1.74 bits per heavy atom. The number of benzene rings is 1. The molecule has 0 spiro atoms. The van der Waals surface area contributed by atoms with Gasteiger partial charge in [-0.05, 0) is 37.4 Å². The topological polar surface area (TPSA) is 92.6 Å². The lowest BCUT2D eigenvalue weighted by Gasteiger charge is -2.16. The third-order valence-corrected chi connectivity index (χ3v) is 3.22. The number of nitriles is 1. The molecule has 7 nitrogen and oxygen atoms in total. The Morgan fingerprint density at radius 3 is 2.22 bits per heavy atom. The second kappa shape index (κ2) is 10.2. The van der Waals surface area contributed by atoms with Crippen molar-refractivity contribution in [3.8, 4) is 6.19 Å². The molecule has 0 saturated carbocycles. The van der Waals surface area contributed by atoms with Gasteiger partial charge in [-0.15, -0.1) is 0 Å². The van der Waals surface area contributed by atoms with Crippen LogP contribution in [0.25, 0.3) is 0 Å². The quantitative estimate of drug-likeness (QED) is 0.309. The molecule has 1 rings (SSSR count). The van der Waals surface area contributed by atoms with Gasteiger partial charge in [0.05, 0.1) is 6.54 Å². The first-order chi connectivity index (χ1) is 11.1. The van der Waals surface area contributed by atoms with Gasteiger partial charge in [-0.1, -0.05) is 13.8 Å². The van der Waals surface area contributed by atoms with Gasteiger partial charge >= 0.3 is 0 Å². The number of nitrogens with one attached hydrogen (secondary N) is 3. The molecule has 1 aromatic carbocycles. The van der Waals surface area contributed by atoms with E-state index in [0.29, 0.717) is 12.5 Å². The smallest absolute Gasteiger partial charge is 0.221 e. The molecule has 0 aliphatic heterocycles. The van der Waals surface area contributed by atoms with Gasteiger partial charge in [0.15, 0.2) is 6.19 Å². The number of hydrogen-bond donors (Lipinski definition) is 3. The van der Waals surface area contributed by atoms with Crippen molar-refractivity contribution in [3.05, 3.63) is 24.3 Å². The van der Waals surface area contributed by atoms with Crippen LogP contribution in [0.3, 0.4) is 0 Å². The van der Waals surface area contributed by atoms with Crippen LogP contribution in [0.4, 0.5) is 11.4 Å². The highest BCUT2D eigenvalue weighted by atomic mass is 16.1. The Bertz CT molecular complexity index is 557. The van der Waals surface area contributed by atoms with E-state index in [9.17, 15) is 4.79 Å². The number of hydrogen-bond acceptors (Lipinski definition) is 4. The van der Waals surface area contributed by atoms with Crippen LogP contribution in [0.5, 0.6) is 0 Å². The highest BCUT2D eigenvalue weighted by Gasteiger charge is 2.02. The number of likely N-dealkylation sites (N-methyl/N-ethyl adjacent to an activating group) is 1. The second-order valence-corrected chi connectivity index (χ2v) is 4.88. The van der Waals surface area contributed by atoms with E-state index in [-0.39, 0.29) is 5.91 Å². The maximum Gasteiger partial charge on any atom is 0.221 e. The normalized spacial score (nSPS) is 11.0. The van der Waals surface area contributed by atoms with E-state index in [4.69, 9.17) is 5.26 Å². The highest BCUT2D eigenvalue weighted by molar-refractivity contribution is 5.95. The summed E-state index contributed by atoms with van der Waals surface area (Å²) in [6.07, 6.45) is 1.88. The summed E-state index contributed by atoms with van der Waals surface area (Å²) < 4.78 is 0. The van der Waals surface area contributed by atoms with Crippen molar-refractivity contribution in [2.45, 2.75) is 20.8 Å². The molecule has 1 amide bonds. The van der Waals surface area contributed by atoms with E-state index in [1.165, 1.54) is 6.92 Å². The molecule has 0 fully saturated rings. The van der Waals surface area contributed by atoms with Crippen LogP contribution in [-0.2, 0) is 4.79 Å². The molecule has 0 unspecified atom stereocenters. The van der Waals surface area contributed by atoms with Crippen LogP contribution in [0.15, 0.2) is 29.3 Å². The predicted octanol–water partition coefficient (Wildman–Crippen LogP) is 1.83. The first kappa shape index (κ1) is 18.5. The summed E-state index contributed by atoms with van der Waals surface area (Å²) in [5.74, 6) is 0.294. The average molecular weight is 316 g/mol. The number of rotatable bonds is 7. The highest BCUT2D eigenvalue weighted by Crippen LogP contribution is 2.13. The van der Waals surface area contributed by atoms with Crippen molar-refractivity contribution < 1.29 is 4.79 Å². The summed E-state index contributed by atoms with van der Waals surface area (Å²) in [4.78, 5) is 17.6. The van der Waals surface area contributed by atoms with Gasteiger partial charge in [-0.3, -0.25) is 15.1 Å². The minimum atomic E-state index is -0.115. The largest absolute Gasteiger partial charge is 0.326 e. The fraction of sp³-hybridized carbons (Fsp3) is 0.438. The second-order valence-electron chi connectivity index (χ2n) is 4.88. The van der Waals surface area contributed by atoms with E-state index in [1.807, 2.05) is 18.3 Å². The standard InChI is InChI=1S/C16H24N6O/c1-4-22(5-2)11-10-18-16(19-12-17)21-15-8-6-14(7-9-15)20-13(3)23/h6-9H,4-5,10-11H2,1-3H3,(H,20,23)(H2,18,19,21). The first-order valence-corrected chi connectivity index (χ1v) is 7.65. The monoisotopic (exact) mass is 316 g/mol. The number of carbonyl (C=O) groups excluding carboxylic acids is 1. The molecular weight excluding hydrogens is 292 g/mol. The molecule has 0 bridgehead atoms. The van der Waals surface area contributed by atoms with E-state index < -0.39 is 0 Å². The van der Waals surface area contributed by atoms with Gasteiger partial charge in [0.1, 0.15) is 0 Å². The molecular formula is C16H24N6O. The fourth-order valence-corrected chi connectivity index (χ4v) is 1.98. The number of guanidine groups is 1. The molecule has 23 heavy (non-hydrogen) atoms. The zero-order valence-electron chi connectivity index (χ0n) is 13.9. The fourth-order valence-electron chi connectivity index (χ4n) is 1.98. The van der Waals surface area contributed by atoms with E-state index in [1.54, 1.807) is 12.1 Å². The Labute approximate surface area is 137 Å². The molecule has 1 aromatic rings. The molecule has 0 saturated heterocycles. The number of nitrogens with zero attached hydrogens (tertiary/aromatic N) is 3. The van der Waals surface area contributed by atoms with Gasteiger partial charge in [-0.2, -0.15) is 5.26 Å².